The van der Waals surface area contributed by atoms with E-state index in [1.54, 1.807) is 11.3 Å². The number of likely N-dealkylation sites (tertiary alicyclic amines) is 1. The van der Waals surface area contributed by atoms with Crippen LogP contribution in [0.5, 0.6) is 0 Å². The largest absolute Gasteiger partial charge is 0.356 e. The minimum Gasteiger partial charge on any atom is -0.356 e. The van der Waals surface area contributed by atoms with Gasteiger partial charge in [-0.3, -0.25) is 4.99 Å². The second-order valence-electron chi connectivity index (χ2n) is 5.26. The van der Waals surface area contributed by atoms with Gasteiger partial charge in [0.2, 0.25) is 0 Å². The number of aromatic nitrogens is 1. The van der Waals surface area contributed by atoms with Gasteiger partial charge >= 0.3 is 0 Å². The van der Waals surface area contributed by atoms with Gasteiger partial charge in [0.1, 0.15) is 0 Å². The fourth-order valence-corrected chi connectivity index (χ4v) is 3.15. The quantitative estimate of drug-likeness (QED) is 0.634. The van der Waals surface area contributed by atoms with Crippen molar-refractivity contribution < 1.29 is 0 Å². The molecular weight excluding hydrogens is 270 g/mol. The zero-order chi connectivity index (χ0) is 14.4. The molecule has 0 saturated carbocycles. The van der Waals surface area contributed by atoms with Crippen LogP contribution in [0.3, 0.4) is 0 Å². The van der Waals surface area contributed by atoms with Crippen LogP contribution in [0.25, 0.3) is 0 Å². The molecule has 20 heavy (non-hydrogen) atoms. The third kappa shape index (κ3) is 4.45. The molecule has 2 heterocycles. The molecule has 1 aliphatic rings. The number of hydrogen-bond acceptors (Lipinski definition) is 4. The first-order valence-electron chi connectivity index (χ1n) is 7.25. The molecule has 1 atom stereocenters. The minimum atomic E-state index is 0.634. The summed E-state index contributed by atoms with van der Waals surface area (Å²) >= 11 is 1.71. The van der Waals surface area contributed by atoms with Crippen LogP contribution < -0.4 is 10.6 Å². The van der Waals surface area contributed by atoms with E-state index in [4.69, 9.17) is 0 Å². The van der Waals surface area contributed by atoms with Crippen LogP contribution in [0.15, 0.2) is 10.4 Å². The van der Waals surface area contributed by atoms with Crippen LogP contribution in [0.2, 0.25) is 0 Å². The number of guanidine groups is 1. The van der Waals surface area contributed by atoms with Gasteiger partial charge in [-0.15, -0.1) is 11.3 Å². The van der Waals surface area contributed by atoms with Crippen LogP contribution in [-0.2, 0) is 6.42 Å². The predicted molar refractivity (Wildman–Crippen MR) is 85.6 cm³/mol. The number of aliphatic imine (C=N–C) groups is 1. The third-order valence-electron chi connectivity index (χ3n) is 3.74. The summed E-state index contributed by atoms with van der Waals surface area (Å²) in [4.78, 5) is 11.1. The molecule has 1 aromatic heterocycles. The molecule has 112 valence electrons. The summed E-state index contributed by atoms with van der Waals surface area (Å²) in [5, 5.41) is 10.0. The van der Waals surface area contributed by atoms with Crippen LogP contribution >= 0.6 is 11.3 Å². The van der Waals surface area contributed by atoms with Gasteiger partial charge in [0.05, 0.1) is 10.7 Å². The first-order valence-corrected chi connectivity index (χ1v) is 8.12. The summed E-state index contributed by atoms with van der Waals surface area (Å²) in [6.07, 6.45) is 3.52. The molecule has 0 bridgehead atoms. The summed E-state index contributed by atoms with van der Waals surface area (Å²) in [5.74, 6) is 0.886. The Morgan fingerprint density at radius 1 is 1.55 bits per heavy atom. The lowest BCUT2D eigenvalue weighted by Crippen LogP contribution is -2.44. The summed E-state index contributed by atoms with van der Waals surface area (Å²) < 4.78 is 0. The Balaban J connectivity index is 1.67. The first kappa shape index (κ1) is 15.3. The first-order chi connectivity index (χ1) is 9.69. The van der Waals surface area contributed by atoms with E-state index in [0.29, 0.717) is 6.04 Å². The van der Waals surface area contributed by atoms with E-state index in [-0.39, 0.29) is 0 Å². The van der Waals surface area contributed by atoms with E-state index in [0.717, 1.165) is 36.2 Å². The van der Waals surface area contributed by atoms with Gasteiger partial charge in [0.15, 0.2) is 5.96 Å². The SMILES string of the molecule is CN=C(NCCc1csc(C)n1)NCC1CCCN1C. The topological polar surface area (TPSA) is 52.6 Å². The van der Waals surface area contributed by atoms with Gasteiger partial charge < -0.3 is 15.5 Å². The van der Waals surface area contributed by atoms with E-state index >= 15 is 0 Å². The number of nitrogens with zero attached hydrogens (tertiary/aromatic N) is 3. The van der Waals surface area contributed by atoms with Crippen molar-refractivity contribution in [2.45, 2.75) is 32.2 Å². The molecule has 0 aliphatic carbocycles. The van der Waals surface area contributed by atoms with Gasteiger partial charge in [0.25, 0.3) is 0 Å². The molecule has 6 heteroatoms. The molecular formula is C14H25N5S. The van der Waals surface area contributed by atoms with Gasteiger partial charge in [-0.05, 0) is 33.4 Å². The Morgan fingerprint density at radius 2 is 2.40 bits per heavy atom. The number of nitrogens with one attached hydrogen (secondary N) is 2. The molecule has 5 nitrogen and oxygen atoms in total. The molecule has 1 saturated heterocycles. The molecule has 2 N–H and O–H groups in total. The minimum absolute atomic E-state index is 0.634. The van der Waals surface area contributed by atoms with Crippen LogP contribution in [0.4, 0.5) is 0 Å². The molecule has 2 rings (SSSR count). The highest BCUT2D eigenvalue weighted by atomic mass is 32.1. The van der Waals surface area contributed by atoms with Gasteiger partial charge in [-0.1, -0.05) is 0 Å². The van der Waals surface area contributed by atoms with Crippen molar-refractivity contribution in [3.8, 4) is 0 Å². The summed E-state index contributed by atoms with van der Waals surface area (Å²) in [6, 6.07) is 0.634. The average molecular weight is 295 g/mol. The van der Waals surface area contributed by atoms with Gasteiger partial charge in [-0.25, -0.2) is 4.98 Å². The van der Waals surface area contributed by atoms with E-state index in [1.807, 2.05) is 14.0 Å². The highest BCUT2D eigenvalue weighted by Crippen LogP contribution is 2.13. The van der Waals surface area contributed by atoms with E-state index < -0.39 is 0 Å². The van der Waals surface area contributed by atoms with Crippen LogP contribution in [0, 0.1) is 6.92 Å². The van der Waals surface area contributed by atoms with Crippen molar-refractivity contribution in [1.29, 1.82) is 0 Å². The van der Waals surface area contributed by atoms with Crippen LogP contribution in [-0.4, -0.2) is 55.6 Å². The molecule has 1 fully saturated rings. The summed E-state index contributed by atoms with van der Waals surface area (Å²) in [6.45, 7) is 5.08. The normalized spacial score (nSPS) is 20.4. The number of hydrogen-bond donors (Lipinski definition) is 2. The Morgan fingerprint density at radius 3 is 3.00 bits per heavy atom. The average Bonchev–Trinajstić information content (AvgIpc) is 3.03. The Labute approximate surface area is 125 Å². The summed E-state index contributed by atoms with van der Waals surface area (Å²) in [7, 11) is 4.01. The number of likely N-dealkylation sites (N-methyl/N-ethyl adjacent to an activating group) is 1. The lowest BCUT2D eigenvalue weighted by Gasteiger charge is -2.21. The van der Waals surface area contributed by atoms with Crippen molar-refractivity contribution in [3.63, 3.8) is 0 Å². The standard InChI is InChI=1S/C14H25N5S/c1-11-18-12(10-20-11)6-7-16-14(15-2)17-9-13-5-4-8-19(13)3/h10,13H,4-9H2,1-3H3,(H2,15,16,17). The van der Waals surface area contributed by atoms with E-state index in [9.17, 15) is 0 Å². The second kappa shape index (κ2) is 7.59. The number of aryl methyl sites for hydroxylation is 1. The van der Waals surface area contributed by atoms with Gasteiger partial charge in [0, 0.05) is 38.0 Å². The van der Waals surface area contributed by atoms with E-state index in [1.165, 1.54) is 19.4 Å². The van der Waals surface area contributed by atoms with E-state index in [2.05, 4.69) is 37.9 Å². The Kier molecular flexibility index (Phi) is 5.79. The molecule has 1 aromatic rings. The molecule has 1 unspecified atom stereocenters. The highest BCUT2D eigenvalue weighted by Gasteiger charge is 2.20. The van der Waals surface area contributed by atoms with Gasteiger partial charge in [-0.2, -0.15) is 0 Å². The lowest BCUT2D eigenvalue weighted by molar-refractivity contribution is 0.309. The Bertz CT molecular complexity index is 443. The predicted octanol–water partition coefficient (Wildman–Crippen LogP) is 1.25. The zero-order valence-electron chi connectivity index (χ0n) is 12.6. The molecule has 0 amide bonds. The summed E-state index contributed by atoms with van der Waals surface area (Å²) in [5.41, 5.74) is 1.16. The molecule has 0 radical (unpaired) electrons. The molecule has 0 aromatic carbocycles. The number of thiazole rings is 1. The lowest BCUT2D eigenvalue weighted by atomic mass is 10.2. The smallest absolute Gasteiger partial charge is 0.191 e. The fourth-order valence-electron chi connectivity index (χ4n) is 2.50. The van der Waals surface area contributed by atoms with Crippen molar-refractivity contribution in [3.05, 3.63) is 16.1 Å². The monoisotopic (exact) mass is 295 g/mol. The maximum atomic E-state index is 4.46. The van der Waals surface area contributed by atoms with Crippen molar-refractivity contribution in [2.24, 2.45) is 4.99 Å². The number of rotatable bonds is 5. The molecule has 0 spiro atoms. The van der Waals surface area contributed by atoms with Crippen molar-refractivity contribution in [2.75, 3.05) is 33.7 Å². The third-order valence-corrected chi connectivity index (χ3v) is 4.56. The van der Waals surface area contributed by atoms with Crippen molar-refractivity contribution >= 4 is 17.3 Å². The Hall–Kier alpha value is -1.14. The highest BCUT2D eigenvalue weighted by molar-refractivity contribution is 7.09. The zero-order valence-corrected chi connectivity index (χ0v) is 13.5. The maximum Gasteiger partial charge on any atom is 0.191 e. The van der Waals surface area contributed by atoms with Crippen LogP contribution in [0.1, 0.15) is 23.5 Å². The maximum absolute atomic E-state index is 4.46. The molecule has 1 aliphatic heterocycles. The fraction of sp³-hybridized carbons (Fsp3) is 0.714. The van der Waals surface area contributed by atoms with Crippen molar-refractivity contribution in [1.82, 2.24) is 20.5 Å². The second-order valence-corrected chi connectivity index (χ2v) is 6.33.